The highest BCUT2D eigenvalue weighted by atomic mass is 16.2. The Morgan fingerprint density at radius 2 is 1.91 bits per heavy atom. The van der Waals surface area contributed by atoms with Crippen LogP contribution < -0.4 is 10.6 Å². The summed E-state index contributed by atoms with van der Waals surface area (Å²) in [5.41, 5.74) is 5.43. The predicted molar refractivity (Wildman–Crippen MR) is 128 cm³/mol. The molecule has 0 aliphatic carbocycles. The van der Waals surface area contributed by atoms with Gasteiger partial charge in [0.05, 0.1) is 29.5 Å². The number of likely N-dealkylation sites (tertiary alicyclic amines) is 1. The number of rotatable bonds is 4. The number of piperidine rings is 1. The molecule has 6 rings (SSSR count). The maximum atomic E-state index is 12.9. The first kappa shape index (κ1) is 20.6. The number of nitrogens with zero attached hydrogens (tertiary/aromatic N) is 5. The third-order valence-electron chi connectivity index (χ3n) is 6.80. The lowest BCUT2D eigenvalue weighted by Crippen LogP contribution is -2.31. The molecule has 1 aromatic carbocycles. The second-order valence-electron chi connectivity index (χ2n) is 9.06. The summed E-state index contributed by atoms with van der Waals surface area (Å²) in [5, 5.41) is 14.7. The summed E-state index contributed by atoms with van der Waals surface area (Å²) >= 11 is 0. The zero-order valence-corrected chi connectivity index (χ0v) is 18.9. The number of hydrogen-bond acceptors (Lipinski definition) is 5. The van der Waals surface area contributed by atoms with E-state index in [9.17, 15) is 9.59 Å². The Balaban J connectivity index is 1.21. The van der Waals surface area contributed by atoms with Crippen LogP contribution in [0.3, 0.4) is 0 Å². The molecular weight excluding hydrogens is 430 g/mol. The maximum Gasteiger partial charge on any atom is 0.259 e. The minimum absolute atomic E-state index is 0.0804. The van der Waals surface area contributed by atoms with Gasteiger partial charge in [0.15, 0.2) is 0 Å². The van der Waals surface area contributed by atoms with Gasteiger partial charge in [-0.25, -0.2) is 4.52 Å². The topological polar surface area (TPSA) is 96.6 Å². The number of carbonyl (C=O) groups is 2. The minimum Gasteiger partial charge on any atom is -0.348 e. The predicted octanol–water partition coefficient (Wildman–Crippen LogP) is 2.96. The number of anilines is 1. The van der Waals surface area contributed by atoms with Gasteiger partial charge in [0.1, 0.15) is 0 Å². The van der Waals surface area contributed by atoms with Crippen molar-refractivity contribution in [3.8, 4) is 11.1 Å². The average molecular weight is 456 g/mol. The average Bonchev–Trinajstić information content (AvgIpc) is 3.58. The Bertz CT molecular complexity index is 1410. The number of aromatic nitrogens is 4. The fourth-order valence-electron chi connectivity index (χ4n) is 4.78. The molecule has 2 N–H and O–H groups in total. The van der Waals surface area contributed by atoms with Crippen molar-refractivity contribution in [2.45, 2.75) is 25.4 Å². The van der Waals surface area contributed by atoms with E-state index in [1.807, 2.05) is 30.6 Å². The molecule has 34 heavy (non-hydrogen) atoms. The first-order chi connectivity index (χ1) is 16.5. The van der Waals surface area contributed by atoms with Crippen molar-refractivity contribution in [3.63, 3.8) is 0 Å². The number of nitrogens with one attached hydrogen (secondary N) is 2. The molecule has 4 aromatic rings. The highest BCUT2D eigenvalue weighted by Gasteiger charge is 2.21. The molecule has 9 heteroatoms. The van der Waals surface area contributed by atoms with Crippen LogP contribution in [0.4, 0.5) is 5.69 Å². The number of amides is 2. The van der Waals surface area contributed by atoms with E-state index in [-0.39, 0.29) is 11.8 Å². The summed E-state index contributed by atoms with van der Waals surface area (Å²) in [5.74, 6) is -0.321. The molecule has 1 fully saturated rings. The van der Waals surface area contributed by atoms with E-state index in [0.29, 0.717) is 29.4 Å². The molecule has 2 amide bonds. The van der Waals surface area contributed by atoms with Crippen LogP contribution in [0.5, 0.6) is 0 Å². The van der Waals surface area contributed by atoms with Gasteiger partial charge in [0.25, 0.3) is 11.8 Å². The Kier molecular flexibility index (Phi) is 4.91. The van der Waals surface area contributed by atoms with Crippen molar-refractivity contribution in [2.75, 3.05) is 25.5 Å². The highest BCUT2D eigenvalue weighted by molar-refractivity contribution is 6.09. The summed E-state index contributed by atoms with van der Waals surface area (Å²) in [7, 11) is 2.16. The van der Waals surface area contributed by atoms with Gasteiger partial charge in [-0.05, 0) is 62.8 Å². The van der Waals surface area contributed by atoms with Crippen molar-refractivity contribution < 1.29 is 9.59 Å². The molecule has 0 unspecified atom stereocenters. The number of carbonyl (C=O) groups excluding carboxylic acids is 2. The number of hydrogen-bond donors (Lipinski definition) is 2. The van der Waals surface area contributed by atoms with Crippen LogP contribution in [-0.4, -0.2) is 56.2 Å². The molecule has 5 heterocycles. The van der Waals surface area contributed by atoms with Gasteiger partial charge in [0.2, 0.25) is 0 Å². The zero-order valence-electron chi connectivity index (χ0n) is 18.9. The Morgan fingerprint density at radius 3 is 2.76 bits per heavy atom. The fraction of sp³-hybridized carbons (Fsp3) is 0.280. The van der Waals surface area contributed by atoms with Gasteiger partial charge in [0, 0.05) is 41.3 Å². The monoisotopic (exact) mass is 455 g/mol. The third-order valence-corrected chi connectivity index (χ3v) is 6.80. The molecule has 0 atom stereocenters. The van der Waals surface area contributed by atoms with Crippen molar-refractivity contribution >= 4 is 23.0 Å². The SMILES string of the molecule is CN1CCC(n2cc(-c3ccc4c(C(=O)Nc5ccc6c(c5)CNC6=O)cnn4c3)cn2)CC1. The van der Waals surface area contributed by atoms with E-state index >= 15 is 0 Å². The molecule has 1 saturated heterocycles. The van der Waals surface area contributed by atoms with Gasteiger partial charge in [-0.1, -0.05) is 6.07 Å². The lowest BCUT2D eigenvalue weighted by molar-refractivity contribution is 0.0965. The molecule has 0 bridgehead atoms. The molecule has 0 saturated carbocycles. The standard InChI is InChI=1S/C25H25N7O2/c1-30-8-6-20(7-9-30)31-15-18(12-27-31)16-2-5-23-22(13-28-32(23)14-16)25(34)29-19-3-4-21-17(10-19)11-26-24(21)33/h2-5,10,12-15,20H,6-9,11H2,1H3,(H,26,33)(H,29,34). The molecule has 2 aliphatic rings. The van der Waals surface area contributed by atoms with E-state index in [4.69, 9.17) is 0 Å². The van der Waals surface area contributed by atoms with Crippen LogP contribution in [0.1, 0.15) is 45.2 Å². The quantitative estimate of drug-likeness (QED) is 0.493. The van der Waals surface area contributed by atoms with Crippen LogP contribution in [0, 0.1) is 0 Å². The number of fused-ring (bicyclic) bond motifs is 2. The van der Waals surface area contributed by atoms with E-state index in [1.165, 1.54) is 0 Å². The van der Waals surface area contributed by atoms with E-state index in [0.717, 1.165) is 48.1 Å². The Morgan fingerprint density at radius 1 is 1.06 bits per heavy atom. The second-order valence-corrected chi connectivity index (χ2v) is 9.06. The lowest BCUT2D eigenvalue weighted by atomic mass is 10.1. The molecule has 0 spiro atoms. The normalized spacial score (nSPS) is 16.6. The summed E-state index contributed by atoms with van der Waals surface area (Å²) in [4.78, 5) is 27.0. The van der Waals surface area contributed by atoms with Crippen LogP contribution in [0.25, 0.3) is 16.6 Å². The van der Waals surface area contributed by atoms with Crippen molar-refractivity contribution in [1.29, 1.82) is 0 Å². The van der Waals surface area contributed by atoms with Gasteiger partial charge in [-0.2, -0.15) is 10.2 Å². The first-order valence-electron chi connectivity index (χ1n) is 11.5. The first-order valence-corrected chi connectivity index (χ1v) is 11.5. The smallest absolute Gasteiger partial charge is 0.259 e. The largest absolute Gasteiger partial charge is 0.348 e. The van der Waals surface area contributed by atoms with Gasteiger partial charge >= 0.3 is 0 Å². The van der Waals surface area contributed by atoms with Gasteiger partial charge in [-0.3, -0.25) is 14.3 Å². The van der Waals surface area contributed by atoms with Crippen LogP contribution in [0.15, 0.2) is 55.1 Å². The number of benzene rings is 1. The fourth-order valence-corrected chi connectivity index (χ4v) is 4.78. The van der Waals surface area contributed by atoms with Crippen LogP contribution in [-0.2, 0) is 6.54 Å². The molecule has 172 valence electrons. The molecule has 9 nitrogen and oxygen atoms in total. The molecule has 0 radical (unpaired) electrons. The second kappa shape index (κ2) is 8.11. The Labute approximate surface area is 196 Å². The van der Waals surface area contributed by atoms with Crippen LogP contribution in [0.2, 0.25) is 0 Å². The molecule has 3 aromatic heterocycles. The Hall–Kier alpha value is -3.98. The maximum absolute atomic E-state index is 12.9. The highest BCUT2D eigenvalue weighted by Crippen LogP contribution is 2.26. The van der Waals surface area contributed by atoms with E-state index < -0.39 is 0 Å². The summed E-state index contributed by atoms with van der Waals surface area (Å²) in [6.45, 7) is 2.65. The summed E-state index contributed by atoms with van der Waals surface area (Å²) in [6.07, 6.45) is 9.70. The van der Waals surface area contributed by atoms with Gasteiger partial charge < -0.3 is 15.5 Å². The van der Waals surface area contributed by atoms with E-state index in [2.05, 4.69) is 43.7 Å². The molecular formula is C25H25N7O2. The van der Waals surface area contributed by atoms with Crippen molar-refractivity contribution in [2.24, 2.45) is 0 Å². The number of pyridine rings is 1. The molecule has 2 aliphatic heterocycles. The zero-order chi connectivity index (χ0) is 23.2. The van der Waals surface area contributed by atoms with Gasteiger partial charge in [-0.15, -0.1) is 0 Å². The third kappa shape index (κ3) is 3.63. The van der Waals surface area contributed by atoms with Crippen molar-refractivity contribution in [1.82, 2.24) is 29.6 Å². The minimum atomic E-state index is -0.241. The van der Waals surface area contributed by atoms with Crippen molar-refractivity contribution in [3.05, 3.63) is 71.8 Å². The summed E-state index contributed by atoms with van der Waals surface area (Å²) in [6, 6.07) is 9.65. The van der Waals surface area contributed by atoms with Crippen LogP contribution >= 0.6 is 0 Å². The summed E-state index contributed by atoms with van der Waals surface area (Å²) < 4.78 is 3.80. The van der Waals surface area contributed by atoms with E-state index in [1.54, 1.807) is 22.8 Å². The lowest BCUT2D eigenvalue weighted by Gasteiger charge is -2.28.